The van der Waals surface area contributed by atoms with Crippen LogP contribution in [0.15, 0.2) is 30.6 Å². The first-order chi connectivity index (χ1) is 20.1. The van der Waals surface area contributed by atoms with Crippen molar-refractivity contribution in [3.8, 4) is 11.3 Å². The number of likely N-dealkylation sites (tertiary alicyclic amines) is 1. The highest BCUT2D eigenvalue weighted by molar-refractivity contribution is 7.27. The fourth-order valence-corrected chi connectivity index (χ4v) is 6.65. The van der Waals surface area contributed by atoms with Crippen molar-refractivity contribution in [2.45, 2.75) is 44.9 Å². The second kappa shape index (κ2) is 13.1. The van der Waals surface area contributed by atoms with Crippen LogP contribution in [0.3, 0.4) is 0 Å². The summed E-state index contributed by atoms with van der Waals surface area (Å²) in [5, 5.41) is 3.13. The molecule has 2 saturated heterocycles. The Kier molecular flexibility index (Phi) is 9.51. The van der Waals surface area contributed by atoms with Gasteiger partial charge in [-0.3, -0.25) is 19.9 Å². The number of thiazole rings is 1. The van der Waals surface area contributed by atoms with Gasteiger partial charge in [0.25, 0.3) is 5.91 Å². The largest absolute Gasteiger partial charge is 0.417 e. The predicted molar refractivity (Wildman–Crippen MR) is 160 cm³/mol. The summed E-state index contributed by atoms with van der Waals surface area (Å²) in [6, 6.07) is 4.52. The zero-order valence-corrected chi connectivity index (χ0v) is 25.2. The van der Waals surface area contributed by atoms with Crippen LogP contribution in [0, 0.1) is 0 Å². The van der Waals surface area contributed by atoms with E-state index in [0.29, 0.717) is 36.1 Å². The Labute approximate surface area is 248 Å². The second-order valence-corrected chi connectivity index (χ2v) is 12.3. The van der Waals surface area contributed by atoms with Crippen LogP contribution >= 0.6 is 20.6 Å². The van der Waals surface area contributed by atoms with E-state index in [2.05, 4.69) is 51.1 Å². The molecule has 2 atom stereocenters. The Morgan fingerprint density at radius 3 is 2.60 bits per heavy atom. The number of carbonyl (C=O) groups is 2. The summed E-state index contributed by atoms with van der Waals surface area (Å²) in [6.45, 7) is 7.42. The van der Waals surface area contributed by atoms with Crippen LogP contribution in [0.5, 0.6) is 0 Å². The summed E-state index contributed by atoms with van der Waals surface area (Å²) >= 11 is 1.26. The molecule has 2 aliphatic heterocycles. The van der Waals surface area contributed by atoms with Crippen molar-refractivity contribution in [3.05, 3.63) is 46.7 Å². The molecule has 4 heterocycles. The Morgan fingerprint density at radius 2 is 1.95 bits per heavy atom. The minimum atomic E-state index is -4.50. The van der Waals surface area contributed by atoms with Crippen molar-refractivity contribution in [3.63, 3.8) is 0 Å². The SMILES string of the molecule is CC1CCCN1Cc1sc(NC(=O)c2cnc(N3CCN(CCC=O)CC3)cn2)nc1-c1ccc(P)c(C(F)(F)F)c1. The molecule has 0 aliphatic carbocycles. The molecule has 224 valence electrons. The molecule has 42 heavy (non-hydrogen) atoms. The molecule has 9 nitrogen and oxygen atoms in total. The van der Waals surface area contributed by atoms with Gasteiger partial charge in [0.05, 0.1) is 23.7 Å². The highest BCUT2D eigenvalue weighted by Crippen LogP contribution is 2.37. The van der Waals surface area contributed by atoms with Gasteiger partial charge in [-0.25, -0.2) is 15.0 Å². The lowest BCUT2D eigenvalue weighted by molar-refractivity contribution is -0.136. The van der Waals surface area contributed by atoms with E-state index in [0.717, 1.165) is 69.3 Å². The van der Waals surface area contributed by atoms with E-state index in [1.807, 2.05) is 0 Å². The lowest BCUT2D eigenvalue weighted by Crippen LogP contribution is -2.47. The van der Waals surface area contributed by atoms with Crippen molar-refractivity contribution in [2.24, 2.45) is 0 Å². The van der Waals surface area contributed by atoms with E-state index < -0.39 is 17.6 Å². The number of rotatable bonds is 9. The number of hydrogen-bond donors (Lipinski definition) is 1. The number of amides is 1. The summed E-state index contributed by atoms with van der Waals surface area (Å²) in [5.74, 6) is 0.170. The molecule has 0 spiro atoms. The molecule has 1 aromatic carbocycles. The van der Waals surface area contributed by atoms with Gasteiger partial charge in [-0.15, -0.1) is 9.24 Å². The first-order valence-corrected chi connectivity index (χ1v) is 15.3. The summed E-state index contributed by atoms with van der Waals surface area (Å²) < 4.78 is 41.0. The third-order valence-corrected chi connectivity index (χ3v) is 9.18. The first-order valence-electron chi connectivity index (χ1n) is 13.9. The normalized spacial score (nSPS) is 18.4. The summed E-state index contributed by atoms with van der Waals surface area (Å²) in [4.78, 5) is 44.4. The molecule has 0 saturated carbocycles. The zero-order valence-electron chi connectivity index (χ0n) is 23.2. The smallest absolute Gasteiger partial charge is 0.353 e. The number of benzene rings is 1. The number of carbonyl (C=O) groups excluding carboxylic acids is 2. The number of halogens is 3. The molecule has 3 aromatic rings. The average Bonchev–Trinajstić information content (AvgIpc) is 3.57. The fraction of sp³-hybridized carbons (Fsp3) is 0.464. The van der Waals surface area contributed by atoms with Crippen LogP contribution in [0.2, 0.25) is 0 Å². The summed E-state index contributed by atoms with van der Waals surface area (Å²) in [6.07, 6.45) is 2.03. The lowest BCUT2D eigenvalue weighted by atomic mass is 10.1. The van der Waals surface area contributed by atoms with Gasteiger partial charge in [-0.1, -0.05) is 23.5 Å². The van der Waals surface area contributed by atoms with Crippen molar-refractivity contribution in [1.82, 2.24) is 24.8 Å². The van der Waals surface area contributed by atoms with Crippen molar-refractivity contribution in [2.75, 3.05) is 49.5 Å². The van der Waals surface area contributed by atoms with Gasteiger partial charge in [-0.05, 0) is 37.7 Å². The zero-order chi connectivity index (χ0) is 29.9. The lowest BCUT2D eigenvalue weighted by Gasteiger charge is -2.34. The van der Waals surface area contributed by atoms with E-state index in [4.69, 9.17) is 0 Å². The highest BCUT2D eigenvalue weighted by atomic mass is 32.1. The molecule has 2 aliphatic rings. The number of aromatic nitrogens is 3. The third kappa shape index (κ3) is 7.14. The van der Waals surface area contributed by atoms with Crippen LogP contribution in [-0.4, -0.2) is 82.3 Å². The summed E-state index contributed by atoms with van der Waals surface area (Å²) in [7, 11) is 2.14. The van der Waals surface area contributed by atoms with Gasteiger partial charge in [-0.2, -0.15) is 13.2 Å². The molecular formula is C28H33F3N7O2PS. The molecule has 14 heteroatoms. The second-order valence-electron chi connectivity index (χ2n) is 10.6. The molecule has 1 N–H and O–H groups in total. The molecule has 2 unspecified atom stereocenters. The quantitative estimate of drug-likeness (QED) is 0.283. The molecule has 5 rings (SSSR count). The van der Waals surface area contributed by atoms with Crippen LogP contribution in [0.4, 0.5) is 24.1 Å². The fourth-order valence-electron chi connectivity index (χ4n) is 5.30. The van der Waals surface area contributed by atoms with E-state index in [9.17, 15) is 22.8 Å². The number of nitrogens with zero attached hydrogens (tertiary/aromatic N) is 6. The van der Waals surface area contributed by atoms with Crippen LogP contribution in [-0.2, 0) is 17.5 Å². The maximum Gasteiger partial charge on any atom is 0.417 e. The van der Waals surface area contributed by atoms with E-state index >= 15 is 0 Å². The molecule has 0 radical (unpaired) electrons. The standard InChI is InChI=1S/C28H33F3N7O2PS/c1-18-4-2-8-38(18)17-23-25(19-5-6-22(41)20(14-19)28(29,30)31)34-27(42-23)35-26(40)21-15-33-24(16-32-21)37-11-9-36(10-12-37)7-3-13-39/h5-6,13-16,18H,2-4,7-12,17,41H2,1H3,(H,34,35,40). The molecule has 2 fully saturated rings. The predicted octanol–water partition coefficient (Wildman–Crippen LogP) is 4.07. The van der Waals surface area contributed by atoms with E-state index in [1.54, 1.807) is 12.3 Å². The van der Waals surface area contributed by atoms with Gasteiger partial charge < -0.3 is 9.69 Å². The van der Waals surface area contributed by atoms with Crippen LogP contribution in [0.1, 0.15) is 47.1 Å². The van der Waals surface area contributed by atoms with Gasteiger partial charge in [0, 0.05) is 62.2 Å². The maximum atomic E-state index is 13.7. The number of anilines is 2. The number of nitrogens with one attached hydrogen (secondary N) is 1. The van der Waals surface area contributed by atoms with Gasteiger partial charge in [0.1, 0.15) is 17.8 Å². The highest BCUT2D eigenvalue weighted by Gasteiger charge is 2.33. The Bertz CT molecular complexity index is 1410. The van der Waals surface area contributed by atoms with E-state index in [-0.39, 0.29) is 16.1 Å². The maximum absolute atomic E-state index is 13.7. The first kappa shape index (κ1) is 30.5. The van der Waals surface area contributed by atoms with E-state index in [1.165, 1.54) is 23.6 Å². The Hall–Kier alpha value is -2.99. The minimum absolute atomic E-state index is 0.0616. The monoisotopic (exact) mass is 619 g/mol. The van der Waals surface area contributed by atoms with Crippen molar-refractivity contribution in [1.29, 1.82) is 0 Å². The Balaban J connectivity index is 1.32. The van der Waals surface area contributed by atoms with Crippen LogP contribution in [0.25, 0.3) is 11.3 Å². The topological polar surface area (TPSA) is 94.6 Å². The number of aldehydes is 1. The average molecular weight is 620 g/mol. The van der Waals surface area contributed by atoms with Gasteiger partial charge in [0.15, 0.2) is 5.13 Å². The summed E-state index contributed by atoms with van der Waals surface area (Å²) in [5.41, 5.74) is 0.157. The third-order valence-electron chi connectivity index (χ3n) is 7.72. The molecular weight excluding hydrogens is 586 g/mol. The minimum Gasteiger partial charge on any atom is -0.353 e. The number of piperazine rings is 1. The molecule has 0 bridgehead atoms. The Morgan fingerprint density at radius 1 is 1.17 bits per heavy atom. The van der Waals surface area contributed by atoms with Crippen molar-refractivity contribution >= 4 is 49.0 Å². The van der Waals surface area contributed by atoms with Crippen LogP contribution < -0.4 is 15.5 Å². The molecule has 1 amide bonds. The number of hydrogen-bond acceptors (Lipinski definition) is 9. The van der Waals surface area contributed by atoms with Gasteiger partial charge in [0.2, 0.25) is 0 Å². The van der Waals surface area contributed by atoms with Crippen molar-refractivity contribution < 1.29 is 22.8 Å². The molecule has 2 aromatic heterocycles. The number of alkyl halides is 3. The van der Waals surface area contributed by atoms with Gasteiger partial charge >= 0.3 is 6.18 Å².